The Morgan fingerprint density at radius 1 is 1.27 bits per heavy atom. The van der Waals surface area contributed by atoms with E-state index in [2.05, 4.69) is 27.4 Å². The number of hydrogen-bond acceptors (Lipinski definition) is 4. The van der Waals surface area contributed by atoms with Gasteiger partial charge in [0.05, 0.1) is 11.7 Å². The number of piperazine rings is 1. The molecule has 140 valence electrons. The number of hydrogen-bond donors (Lipinski definition) is 2. The van der Waals surface area contributed by atoms with Gasteiger partial charge in [-0.1, -0.05) is 6.92 Å². The zero-order chi connectivity index (χ0) is 18.5. The van der Waals surface area contributed by atoms with Crippen LogP contribution in [0.15, 0.2) is 35.0 Å². The first-order valence-electron chi connectivity index (χ1n) is 8.93. The van der Waals surface area contributed by atoms with Crippen molar-refractivity contribution in [2.75, 3.05) is 42.9 Å². The van der Waals surface area contributed by atoms with Crippen molar-refractivity contribution >= 4 is 28.7 Å². The molecular formula is C19H25FN4OS. The molecule has 2 N–H and O–H groups in total. The van der Waals surface area contributed by atoms with Gasteiger partial charge in [0.15, 0.2) is 0 Å². The molecule has 1 saturated heterocycles. The third-order valence-electron chi connectivity index (χ3n) is 4.74. The Bertz CT molecular complexity index is 729. The summed E-state index contributed by atoms with van der Waals surface area (Å²) in [6, 6.07) is 6.09. The summed E-state index contributed by atoms with van der Waals surface area (Å²) in [5.41, 5.74) is 2.55. The number of likely N-dealkylation sites (N-methyl/N-ethyl adjacent to an activating group) is 1. The zero-order valence-corrected chi connectivity index (χ0v) is 16.0. The molecule has 1 atom stereocenters. The van der Waals surface area contributed by atoms with E-state index in [1.54, 1.807) is 0 Å². The van der Waals surface area contributed by atoms with Gasteiger partial charge in [-0.05, 0) is 43.1 Å². The van der Waals surface area contributed by atoms with Gasteiger partial charge < -0.3 is 20.4 Å². The highest BCUT2D eigenvalue weighted by Crippen LogP contribution is 2.28. The summed E-state index contributed by atoms with van der Waals surface area (Å²) in [7, 11) is 0. The molecule has 1 aromatic carbocycles. The number of carbonyl (C=O) groups is 1. The lowest BCUT2D eigenvalue weighted by molar-refractivity contribution is 0.249. The van der Waals surface area contributed by atoms with E-state index < -0.39 is 0 Å². The van der Waals surface area contributed by atoms with Crippen molar-refractivity contribution < 1.29 is 9.18 Å². The van der Waals surface area contributed by atoms with Crippen molar-refractivity contribution in [2.24, 2.45) is 0 Å². The van der Waals surface area contributed by atoms with Crippen molar-refractivity contribution in [2.45, 2.75) is 19.9 Å². The molecule has 0 unspecified atom stereocenters. The summed E-state index contributed by atoms with van der Waals surface area (Å²) in [5, 5.41) is 9.48. The molecule has 0 saturated carbocycles. The van der Waals surface area contributed by atoms with E-state index in [0.29, 0.717) is 0 Å². The van der Waals surface area contributed by atoms with Crippen molar-refractivity contribution in [1.82, 2.24) is 10.2 Å². The van der Waals surface area contributed by atoms with Gasteiger partial charge in [-0.15, -0.1) is 0 Å². The molecule has 5 nitrogen and oxygen atoms in total. The second-order valence-corrected chi connectivity index (χ2v) is 7.24. The van der Waals surface area contributed by atoms with Crippen LogP contribution >= 0.6 is 11.3 Å². The number of halogens is 1. The highest BCUT2D eigenvalue weighted by atomic mass is 32.1. The molecule has 0 spiro atoms. The maximum absolute atomic E-state index is 13.9. The number of nitrogens with zero attached hydrogens (tertiary/aromatic N) is 2. The fraction of sp³-hybridized carbons (Fsp3) is 0.421. The number of rotatable bonds is 5. The Kier molecular flexibility index (Phi) is 6.11. The molecule has 1 aliphatic heterocycles. The number of carbonyl (C=O) groups excluding carboxylic acids is 1. The monoisotopic (exact) mass is 376 g/mol. The minimum atomic E-state index is -0.302. The van der Waals surface area contributed by atoms with Crippen LogP contribution in [0, 0.1) is 5.82 Å². The van der Waals surface area contributed by atoms with Gasteiger partial charge in [-0.2, -0.15) is 11.3 Å². The Labute approximate surface area is 157 Å². The number of amides is 2. The van der Waals surface area contributed by atoms with E-state index >= 15 is 0 Å². The highest BCUT2D eigenvalue weighted by molar-refractivity contribution is 7.08. The summed E-state index contributed by atoms with van der Waals surface area (Å²) in [4.78, 5) is 16.9. The summed E-state index contributed by atoms with van der Waals surface area (Å²) < 4.78 is 13.9. The van der Waals surface area contributed by atoms with Crippen LogP contribution in [0.1, 0.15) is 25.5 Å². The smallest absolute Gasteiger partial charge is 0.319 e. The number of anilines is 2. The SMILES string of the molecule is CCN1CCN(c2ccc(F)cc2[C@@H](C)NC(=O)Nc2ccsc2)CC1. The second-order valence-electron chi connectivity index (χ2n) is 6.46. The molecule has 1 fully saturated rings. The molecule has 0 radical (unpaired) electrons. The molecule has 2 amide bonds. The topological polar surface area (TPSA) is 47.6 Å². The molecule has 1 aliphatic rings. The minimum absolute atomic E-state index is 0.289. The van der Waals surface area contributed by atoms with Crippen LogP contribution in [0.4, 0.5) is 20.6 Å². The van der Waals surface area contributed by atoms with Crippen molar-refractivity contribution in [3.8, 4) is 0 Å². The predicted octanol–water partition coefficient (Wildman–Crippen LogP) is 3.91. The average molecular weight is 377 g/mol. The Balaban J connectivity index is 1.71. The quantitative estimate of drug-likeness (QED) is 0.832. The van der Waals surface area contributed by atoms with E-state index in [-0.39, 0.29) is 17.9 Å². The second kappa shape index (κ2) is 8.51. The normalized spacial score (nSPS) is 16.3. The van der Waals surface area contributed by atoms with E-state index in [1.165, 1.54) is 23.5 Å². The van der Waals surface area contributed by atoms with Crippen LogP contribution in [-0.4, -0.2) is 43.7 Å². The Morgan fingerprint density at radius 3 is 2.69 bits per heavy atom. The lowest BCUT2D eigenvalue weighted by atomic mass is 10.0. The number of thiophene rings is 1. The van der Waals surface area contributed by atoms with Crippen molar-refractivity contribution in [3.63, 3.8) is 0 Å². The van der Waals surface area contributed by atoms with Crippen LogP contribution in [-0.2, 0) is 0 Å². The van der Waals surface area contributed by atoms with Crippen molar-refractivity contribution in [1.29, 1.82) is 0 Å². The number of nitrogens with one attached hydrogen (secondary N) is 2. The summed E-state index contributed by atoms with van der Waals surface area (Å²) in [5.74, 6) is -0.289. The van der Waals surface area contributed by atoms with Gasteiger partial charge in [0.25, 0.3) is 0 Å². The third kappa shape index (κ3) is 4.53. The fourth-order valence-corrected chi connectivity index (χ4v) is 3.83. The van der Waals surface area contributed by atoms with E-state index in [0.717, 1.165) is 49.7 Å². The maximum atomic E-state index is 13.9. The molecule has 0 aliphatic carbocycles. The first-order chi connectivity index (χ1) is 12.6. The molecule has 2 heterocycles. The fourth-order valence-electron chi connectivity index (χ4n) is 3.24. The highest BCUT2D eigenvalue weighted by Gasteiger charge is 2.21. The van der Waals surface area contributed by atoms with Crippen LogP contribution in [0.5, 0.6) is 0 Å². The maximum Gasteiger partial charge on any atom is 0.319 e. The van der Waals surface area contributed by atoms with Gasteiger partial charge in [-0.3, -0.25) is 0 Å². The van der Waals surface area contributed by atoms with Gasteiger partial charge in [0, 0.05) is 42.8 Å². The predicted molar refractivity (Wildman–Crippen MR) is 106 cm³/mol. The van der Waals surface area contributed by atoms with Crippen LogP contribution < -0.4 is 15.5 Å². The Morgan fingerprint density at radius 2 is 2.04 bits per heavy atom. The lowest BCUT2D eigenvalue weighted by Gasteiger charge is -2.37. The van der Waals surface area contributed by atoms with Crippen molar-refractivity contribution in [3.05, 3.63) is 46.4 Å². The van der Waals surface area contributed by atoms with E-state index in [4.69, 9.17) is 0 Å². The van der Waals surface area contributed by atoms with E-state index in [9.17, 15) is 9.18 Å². The average Bonchev–Trinajstić information content (AvgIpc) is 3.14. The summed E-state index contributed by atoms with van der Waals surface area (Å²) in [6.07, 6.45) is 0. The van der Waals surface area contributed by atoms with Gasteiger partial charge in [0.1, 0.15) is 5.82 Å². The van der Waals surface area contributed by atoms with Crippen LogP contribution in [0.3, 0.4) is 0 Å². The molecule has 0 bridgehead atoms. The molecule has 3 rings (SSSR count). The van der Waals surface area contributed by atoms with Gasteiger partial charge >= 0.3 is 6.03 Å². The zero-order valence-electron chi connectivity index (χ0n) is 15.2. The van der Waals surface area contributed by atoms with Gasteiger partial charge in [-0.25, -0.2) is 9.18 Å². The molecular weight excluding hydrogens is 351 g/mol. The minimum Gasteiger partial charge on any atom is -0.369 e. The number of benzene rings is 1. The van der Waals surface area contributed by atoms with Crippen LogP contribution in [0.2, 0.25) is 0 Å². The first kappa shape index (κ1) is 18.7. The largest absolute Gasteiger partial charge is 0.369 e. The summed E-state index contributed by atoms with van der Waals surface area (Å²) >= 11 is 1.52. The van der Waals surface area contributed by atoms with Crippen LogP contribution in [0.25, 0.3) is 0 Å². The first-order valence-corrected chi connectivity index (χ1v) is 9.87. The molecule has 1 aromatic heterocycles. The molecule has 26 heavy (non-hydrogen) atoms. The molecule has 7 heteroatoms. The standard InChI is InChI=1S/C19H25FN4OS/c1-3-23-7-9-24(10-8-23)18-5-4-15(20)12-17(18)14(2)21-19(25)22-16-6-11-26-13-16/h4-6,11-14H,3,7-10H2,1-2H3,(H2,21,22,25)/t14-/m1/s1. The summed E-state index contributed by atoms with van der Waals surface area (Å²) in [6.45, 7) is 8.89. The number of urea groups is 1. The van der Waals surface area contributed by atoms with Gasteiger partial charge in [0.2, 0.25) is 0 Å². The third-order valence-corrected chi connectivity index (χ3v) is 5.43. The van der Waals surface area contributed by atoms with E-state index in [1.807, 2.05) is 29.8 Å². The Hall–Kier alpha value is -2.12. The lowest BCUT2D eigenvalue weighted by Crippen LogP contribution is -2.46. The molecule has 2 aromatic rings.